The minimum Gasteiger partial charge on any atom is -0.399 e. The fraction of sp³-hybridized carbons (Fsp3) is 0.609. The minimum atomic E-state index is -4.81. The highest BCUT2D eigenvalue weighted by atomic mass is 32.1. The molecule has 2 unspecified atom stereocenters. The first-order chi connectivity index (χ1) is 17.0. The lowest BCUT2D eigenvalue weighted by molar-refractivity contribution is -0.383. The van der Waals surface area contributed by atoms with Gasteiger partial charge in [-0.25, -0.2) is 0 Å². The van der Waals surface area contributed by atoms with Gasteiger partial charge in [-0.05, 0) is 51.5 Å². The molecule has 0 spiro atoms. The van der Waals surface area contributed by atoms with Gasteiger partial charge in [0.15, 0.2) is 5.13 Å². The van der Waals surface area contributed by atoms with Crippen LogP contribution in [0, 0.1) is 16.0 Å². The van der Waals surface area contributed by atoms with Gasteiger partial charge >= 0.3 is 6.18 Å². The summed E-state index contributed by atoms with van der Waals surface area (Å²) in [6, 6.07) is 1.23. The standard InChI is InChI=1S/C23H28F3N5O4S/c1-13-11-30(14(2)10-29(13)12-15-4-6-17(7-5-15)28-35-3)22-27-21(32)18-8-16(23(24,25)26)9-19(31(33)34)20(18)36-22/h8-9,13-15H,4-7,10-12H2,1-3H3. The molecule has 1 aromatic heterocycles. The summed E-state index contributed by atoms with van der Waals surface area (Å²) >= 11 is 0.892. The molecule has 0 N–H and O–H groups in total. The highest BCUT2D eigenvalue weighted by molar-refractivity contribution is 7.22. The molecule has 2 heterocycles. The number of oxime groups is 1. The molecule has 4 rings (SSSR count). The van der Waals surface area contributed by atoms with Gasteiger partial charge in [-0.2, -0.15) is 18.2 Å². The minimum absolute atomic E-state index is 0.0375. The van der Waals surface area contributed by atoms with Crippen molar-refractivity contribution in [3.05, 3.63) is 38.2 Å². The number of anilines is 1. The normalized spacial score (nSPS) is 23.7. The van der Waals surface area contributed by atoms with Crippen molar-refractivity contribution in [2.45, 2.75) is 57.8 Å². The third-order valence-corrected chi connectivity index (χ3v) is 8.11. The predicted octanol–water partition coefficient (Wildman–Crippen LogP) is 4.68. The largest absolute Gasteiger partial charge is 0.416 e. The number of alkyl halides is 3. The van der Waals surface area contributed by atoms with Gasteiger partial charge in [-0.15, -0.1) is 0 Å². The lowest BCUT2D eigenvalue weighted by Crippen LogP contribution is -2.57. The molecule has 13 heteroatoms. The SMILES string of the molecule is CON=C1CCC(CN2CC(C)N(c3nc(=O)c4cc(C(F)(F)F)cc([N+](=O)[O-])c4s3)CC2C)CC1. The number of halogens is 3. The summed E-state index contributed by atoms with van der Waals surface area (Å²) in [5, 5.41) is 15.5. The van der Waals surface area contributed by atoms with E-state index in [2.05, 4.69) is 22.0 Å². The second kappa shape index (κ2) is 10.3. The van der Waals surface area contributed by atoms with Crippen molar-refractivity contribution in [2.24, 2.45) is 11.1 Å². The van der Waals surface area contributed by atoms with Gasteiger partial charge in [0.05, 0.1) is 21.6 Å². The number of hydrogen-bond donors (Lipinski definition) is 0. The van der Waals surface area contributed by atoms with E-state index in [1.165, 1.54) is 0 Å². The molecule has 2 fully saturated rings. The van der Waals surface area contributed by atoms with Crippen molar-refractivity contribution >= 4 is 38.0 Å². The molecule has 0 radical (unpaired) electrons. The lowest BCUT2D eigenvalue weighted by Gasteiger charge is -2.45. The van der Waals surface area contributed by atoms with Crippen LogP contribution in [0.15, 0.2) is 22.1 Å². The van der Waals surface area contributed by atoms with Crippen LogP contribution in [0.3, 0.4) is 0 Å². The second-order valence-corrected chi connectivity index (χ2v) is 10.5. The Kier molecular flexibility index (Phi) is 7.51. The van der Waals surface area contributed by atoms with Gasteiger partial charge in [0.2, 0.25) is 0 Å². The molecule has 2 aromatic rings. The molecular formula is C23H28F3N5O4S. The highest BCUT2D eigenvalue weighted by Gasteiger charge is 2.36. The van der Waals surface area contributed by atoms with Crippen LogP contribution in [-0.2, 0) is 11.0 Å². The van der Waals surface area contributed by atoms with Crippen LogP contribution in [0.4, 0.5) is 24.0 Å². The molecule has 2 atom stereocenters. The van der Waals surface area contributed by atoms with Gasteiger partial charge in [0.25, 0.3) is 11.2 Å². The van der Waals surface area contributed by atoms with Crippen molar-refractivity contribution < 1.29 is 22.9 Å². The van der Waals surface area contributed by atoms with Crippen LogP contribution in [0.5, 0.6) is 0 Å². The summed E-state index contributed by atoms with van der Waals surface area (Å²) in [4.78, 5) is 36.7. The predicted molar refractivity (Wildman–Crippen MR) is 132 cm³/mol. The summed E-state index contributed by atoms with van der Waals surface area (Å²) in [5.41, 5.74) is -1.78. The molecule has 2 aliphatic rings. The summed E-state index contributed by atoms with van der Waals surface area (Å²) < 4.78 is 39.6. The number of benzene rings is 1. The maximum Gasteiger partial charge on any atom is 0.416 e. The topological polar surface area (TPSA) is 101 Å². The van der Waals surface area contributed by atoms with Crippen molar-refractivity contribution in [1.29, 1.82) is 0 Å². The molecule has 1 aliphatic carbocycles. The van der Waals surface area contributed by atoms with E-state index in [1.807, 2.05) is 11.8 Å². The lowest BCUT2D eigenvalue weighted by atomic mass is 9.87. The Balaban J connectivity index is 1.56. The number of fused-ring (bicyclic) bond motifs is 1. The molecule has 196 valence electrons. The summed E-state index contributed by atoms with van der Waals surface area (Å²) in [5.74, 6) is 0.544. The fourth-order valence-electron chi connectivity index (χ4n) is 5.03. The maximum absolute atomic E-state index is 13.2. The number of nitrogens with zero attached hydrogens (tertiary/aromatic N) is 5. The van der Waals surface area contributed by atoms with Crippen LogP contribution >= 0.6 is 11.3 Å². The average molecular weight is 528 g/mol. The van der Waals surface area contributed by atoms with E-state index in [4.69, 9.17) is 4.84 Å². The van der Waals surface area contributed by atoms with Crippen molar-refractivity contribution in [1.82, 2.24) is 9.88 Å². The Labute approximate surface area is 209 Å². The van der Waals surface area contributed by atoms with Crippen LogP contribution < -0.4 is 10.5 Å². The molecule has 1 saturated heterocycles. The third kappa shape index (κ3) is 5.46. The zero-order chi connectivity index (χ0) is 26.2. The Morgan fingerprint density at radius 3 is 2.53 bits per heavy atom. The third-order valence-electron chi connectivity index (χ3n) is 6.97. The van der Waals surface area contributed by atoms with Crippen LogP contribution in [0.25, 0.3) is 10.1 Å². The van der Waals surface area contributed by atoms with Crippen molar-refractivity contribution in [3.8, 4) is 0 Å². The Morgan fingerprint density at radius 1 is 1.22 bits per heavy atom. The van der Waals surface area contributed by atoms with Gasteiger partial charge in [0, 0.05) is 37.8 Å². The van der Waals surface area contributed by atoms with Gasteiger partial charge in [-0.1, -0.05) is 16.5 Å². The fourth-order valence-corrected chi connectivity index (χ4v) is 6.20. The van der Waals surface area contributed by atoms with Crippen LogP contribution in [0.1, 0.15) is 45.1 Å². The molecule has 36 heavy (non-hydrogen) atoms. The molecule has 9 nitrogen and oxygen atoms in total. The number of aromatic nitrogens is 1. The summed E-state index contributed by atoms with van der Waals surface area (Å²) in [6.07, 6.45) is -0.883. The zero-order valence-electron chi connectivity index (χ0n) is 20.2. The van der Waals surface area contributed by atoms with Crippen LogP contribution in [0.2, 0.25) is 0 Å². The van der Waals surface area contributed by atoms with E-state index >= 15 is 0 Å². The van der Waals surface area contributed by atoms with E-state index in [0.717, 1.165) is 49.3 Å². The molecule has 1 saturated carbocycles. The Bertz CT molecular complexity index is 1220. The van der Waals surface area contributed by atoms with Gasteiger partial charge in [-0.3, -0.25) is 19.8 Å². The number of non-ortho nitro benzene ring substituents is 1. The molecule has 1 aliphatic heterocycles. The first-order valence-electron chi connectivity index (χ1n) is 11.8. The molecule has 0 amide bonds. The van der Waals surface area contributed by atoms with Crippen LogP contribution in [-0.4, -0.2) is 59.3 Å². The summed E-state index contributed by atoms with van der Waals surface area (Å²) in [6.45, 7) is 6.28. The van der Waals surface area contributed by atoms with Crippen molar-refractivity contribution in [2.75, 3.05) is 31.6 Å². The maximum atomic E-state index is 13.2. The molecule has 1 aromatic carbocycles. The number of rotatable bonds is 5. The number of hydrogen-bond acceptors (Lipinski definition) is 9. The molecular weight excluding hydrogens is 499 g/mol. The Hall–Kier alpha value is -2.80. The average Bonchev–Trinajstić information content (AvgIpc) is 2.81. The zero-order valence-corrected chi connectivity index (χ0v) is 21.1. The van der Waals surface area contributed by atoms with E-state index in [9.17, 15) is 28.1 Å². The molecule has 0 bridgehead atoms. The summed E-state index contributed by atoms with van der Waals surface area (Å²) in [7, 11) is 1.56. The van der Waals surface area contributed by atoms with E-state index < -0.39 is 33.3 Å². The monoisotopic (exact) mass is 527 g/mol. The van der Waals surface area contributed by atoms with E-state index in [0.29, 0.717) is 31.1 Å². The quantitative estimate of drug-likeness (QED) is 0.411. The highest BCUT2D eigenvalue weighted by Crippen LogP contribution is 2.39. The first-order valence-corrected chi connectivity index (χ1v) is 12.6. The van der Waals surface area contributed by atoms with Gasteiger partial charge < -0.3 is 9.74 Å². The number of piperazine rings is 1. The number of nitro groups is 1. The Morgan fingerprint density at radius 2 is 1.92 bits per heavy atom. The smallest absolute Gasteiger partial charge is 0.399 e. The first kappa shape index (κ1) is 26.3. The van der Waals surface area contributed by atoms with Crippen molar-refractivity contribution in [3.63, 3.8) is 0 Å². The van der Waals surface area contributed by atoms with E-state index in [1.54, 1.807) is 7.11 Å². The second-order valence-electron chi connectivity index (χ2n) is 9.52. The van der Waals surface area contributed by atoms with E-state index in [-0.39, 0.29) is 21.9 Å². The van der Waals surface area contributed by atoms with Gasteiger partial charge in [0.1, 0.15) is 11.8 Å². The number of nitro benzene ring substituents is 1.